The van der Waals surface area contributed by atoms with Crippen molar-refractivity contribution in [1.82, 2.24) is 0 Å². The first kappa shape index (κ1) is 39.3. The number of rotatable bonds is 10. The van der Waals surface area contributed by atoms with Crippen LogP contribution >= 0.6 is 11.3 Å². The third-order valence-corrected chi connectivity index (χ3v) is 14.6. The molecule has 0 bridgehead atoms. The second-order valence-electron chi connectivity index (χ2n) is 17.2. The van der Waals surface area contributed by atoms with E-state index in [4.69, 9.17) is 0 Å². The molecular weight excluding hydrogens is 791 g/mol. The number of hydrogen-bond donors (Lipinski definition) is 0. The molecule has 0 radical (unpaired) electrons. The third-order valence-electron chi connectivity index (χ3n) is 13.3. The van der Waals surface area contributed by atoms with E-state index in [1.807, 2.05) is 23.5 Å². The standard InChI is InChI=1S/C62H47NS/c1-4-5-11-38-54(43-25-12-6-13-26-43)63(48-40-41-50-49-35-22-23-37-52(49)61(2,3)53(50)42-48)55-39-24-36-51-56-58(60(45-29-16-8-17-30-45)64-59(56)44-27-14-7-15-28-44)62(57(51)55,46-31-18-9-19-32-46)47-33-20-10-21-34-47/h4-42H,1H2,2-3H3/b11-5-,54-38+. The van der Waals surface area contributed by atoms with Crippen molar-refractivity contribution in [3.63, 3.8) is 0 Å². The van der Waals surface area contributed by atoms with Crippen LogP contribution in [0.5, 0.6) is 0 Å². The van der Waals surface area contributed by atoms with Crippen molar-refractivity contribution in [2.45, 2.75) is 24.7 Å². The molecule has 0 saturated heterocycles. The predicted octanol–water partition coefficient (Wildman–Crippen LogP) is 16.7. The molecule has 2 aliphatic carbocycles. The van der Waals surface area contributed by atoms with E-state index in [9.17, 15) is 0 Å². The first-order valence-corrected chi connectivity index (χ1v) is 23.0. The maximum absolute atomic E-state index is 4.05. The average Bonchev–Trinajstić information content (AvgIpc) is 3.98. The number of thiophene rings is 1. The maximum Gasteiger partial charge on any atom is 0.0748 e. The first-order chi connectivity index (χ1) is 31.5. The predicted molar refractivity (Wildman–Crippen MR) is 272 cm³/mol. The summed E-state index contributed by atoms with van der Waals surface area (Å²) in [6, 6.07) is 78.5. The van der Waals surface area contributed by atoms with Crippen molar-refractivity contribution in [2.75, 3.05) is 4.90 Å². The molecule has 0 fully saturated rings. The molecule has 1 nitrogen and oxygen atoms in total. The van der Waals surface area contributed by atoms with Crippen molar-refractivity contribution in [1.29, 1.82) is 0 Å². The lowest BCUT2D eigenvalue weighted by Crippen LogP contribution is -2.31. The van der Waals surface area contributed by atoms with Gasteiger partial charge in [-0.25, -0.2) is 0 Å². The van der Waals surface area contributed by atoms with E-state index in [0.29, 0.717) is 0 Å². The SMILES string of the molecule is C=C/C=C\C=C(/c1ccccc1)N(c1ccc2c(c1)C(C)(C)c1ccccc1-2)c1cccc2c1C(c1ccccc1)(c1ccccc1)c1c(-c3ccccc3)sc(-c3ccccc3)c1-2. The zero-order valence-corrected chi connectivity index (χ0v) is 36.9. The van der Waals surface area contributed by atoms with Crippen LogP contribution in [0.4, 0.5) is 11.4 Å². The van der Waals surface area contributed by atoms with Crippen LogP contribution in [0, 0.1) is 0 Å². The number of hydrogen-bond acceptors (Lipinski definition) is 2. The van der Waals surface area contributed by atoms with E-state index in [-0.39, 0.29) is 5.41 Å². The normalized spacial score (nSPS) is 14.1. The van der Waals surface area contributed by atoms with E-state index in [2.05, 4.69) is 250 Å². The Labute approximate surface area is 381 Å². The topological polar surface area (TPSA) is 3.24 Å². The van der Waals surface area contributed by atoms with Crippen molar-refractivity contribution < 1.29 is 0 Å². The molecule has 1 heterocycles. The molecule has 0 amide bonds. The van der Waals surface area contributed by atoms with Crippen LogP contribution in [-0.2, 0) is 10.8 Å². The molecule has 11 rings (SSSR count). The Morgan fingerprint density at radius 1 is 0.500 bits per heavy atom. The molecular formula is C62H47NS. The monoisotopic (exact) mass is 837 g/mol. The van der Waals surface area contributed by atoms with Gasteiger partial charge in [-0.05, 0) is 85.5 Å². The summed E-state index contributed by atoms with van der Waals surface area (Å²) in [6.45, 7) is 8.80. The van der Waals surface area contributed by atoms with E-state index >= 15 is 0 Å². The van der Waals surface area contributed by atoms with Crippen LogP contribution in [0.25, 0.3) is 48.8 Å². The third kappa shape index (κ3) is 6.13. The maximum atomic E-state index is 4.05. The number of nitrogens with zero attached hydrogens (tertiary/aromatic N) is 1. The Bertz CT molecular complexity index is 3190. The van der Waals surface area contributed by atoms with Crippen molar-refractivity contribution in [2.24, 2.45) is 0 Å². The van der Waals surface area contributed by atoms with Crippen LogP contribution in [0.2, 0.25) is 0 Å². The van der Waals surface area contributed by atoms with Gasteiger partial charge in [-0.15, -0.1) is 11.3 Å². The fourth-order valence-corrected chi connectivity index (χ4v) is 12.0. The fraction of sp³-hybridized carbons (Fsp3) is 0.0645. The van der Waals surface area contributed by atoms with E-state index in [0.717, 1.165) is 22.6 Å². The minimum Gasteiger partial charge on any atom is -0.310 e. The van der Waals surface area contributed by atoms with Crippen LogP contribution < -0.4 is 4.90 Å². The summed E-state index contributed by atoms with van der Waals surface area (Å²) in [7, 11) is 0. The lowest BCUT2D eigenvalue weighted by Gasteiger charge is -2.39. The van der Waals surface area contributed by atoms with Gasteiger partial charge < -0.3 is 4.90 Å². The second kappa shape index (κ2) is 16.0. The van der Waals surface area contributed by atoms with Gasteiger partial charge in [-0.2, -0.15) is 0 Å². The number of fused-ring (bicyclic) bond motifs is 6. The Morgan fingerprint density at radius 3 is 1.69 bits per heavy atom. The van der Waals surface area contributed by atoms with E-state index in [1.54, 1.807) is 0 Å². The number of anilines is 2. The van der Waals surface area contributed by atoms with Gasteiger partial charge in [0.25, 0.3) is 0 Å². The highest BCUT2D eigenvalue weighted by Gasteiger charge is 2.52. The molecule has 0 spiro atoms. The quantitative estimate of drug-likeness (QED) is 0.124. The van der Waals surface area contributed by atoms with Crippen LogP contribution in [0.3, 0.4) is 0 Å². The lowest BCUT2D eigenvalue weighted by molar-refractivity contribution is 0.660. The Morgan fingerprint density at radius 2 is 1.05 bits per heavy atom. The van der Waals surface area contributed by atoms with Crippen molar-refractivity contribution >= 4 is 28.4 Å². The average molecular weight is 838 g/mol. The van der Waals surface area contributed by atoms with Crippen LogP contribution in [0.15, 0.2) is 243 Å². The molecule has 8 aromatic carbocycles. The van der Waals surface area contributed by atoms with Gasteiger partial charge in [0.1, 0.15) is 0 Å². The van der Waals surface area contributed by atoms with Crippen LogP contribution in [-0.4, -0.2) is 0 Å². The Hall–Kier alpha value is -7.52. The van der Waals surface area contributed by atoms with Crippen molar-refractivity contribution in [3.05, 3.63) is 282 Å². The highest BCUT2D eigenvalue weighted by Crippen LogP contribution is 2.66. The minimum atomic E-state index is -0.721. The summed E-state index contributed by atoms with van der Waals surface area (Å²) in [5, 5.41) is 0. The first-order valence-electron chi connectivity index (χ1n) is 22.1. The highest BCUT2D eigenvalue weighted by atomic mass is 32.1. The molecule has 64 heavy (non-hydrogen) atoms. The van der Waals surface area contributed by atoms with Crippen LogP contribution in [0.1, 0.15) is 52.8 Å². The molecule has 306 valence electrons. The van der Waals surface area contributed by atoms with Gasteiger partial charge in [-0.3, -0.25) is 0 Å². The molecule has 2 aliphatic rings. The molecule has 9 aromatic rings. The number of benzene rings is 8. The van der Waals surface area contributed by atoms with Gasteiger partial charge in [-0.1, -0.05) is 233 Å². The summed E-state index contributed by atoms with van der Waals surface area (Å²) in [5.74, 6) is 0. The Balaban J connectivity index is 1.31. The van der Waals surface area contributed by atoms with Gasteiger partial charge >= 0.3 is 0 Å². The molecule has 0 aliphatic heterocycles. The van der Waals surface area contributed by atoms with E-state index in [1.165, 1.54) is 76.5 Å². The van der Waals surface area contributed by atoms with E-state index < -0.39 is 5.41 Å². The summed E-state index contributed by atoms with van der Waals surface area (Å²) in [5.41, 5.74) is 18.8. The lowest BCUT2D eigenvalue weighted by atomic mass is 9.66. The minimum absolute atomic E-state index is 0.192. The largest absolute Gasteiger partial charge is 0.310 e. The molecule has 0 saturated carbocycles. The summed E-state index contributed by atoms with van der Waals surface area (Å²) in [4.78, 5) is 5.10. The molecule has 1 aromatic heterocycles. The van der Waals surface area contributed by atoms with Gasteiger partial charge in [0.2, 0.25) is 0 Å². The Kier molecular flexibility index (Phi) is 9.83. The second-order valence-corrected chi connectivity index (χ2v) is 18.2. The summed E-state index contributed by atoms with van der Waals surface area (Å²) >= 11 is 1.91. The molecule has 0 N–H and O–H groups in total. The molecule has 0 unspecified atom stereocenters. The summed E-state index contributed by atoms with van der Waals surface area (Å²) in [6.07, 6.45) is 8.25. The molecule has 0 atom stereocenters. The number of allylic oxidation sites excluding steroid dienone is 4. The molecule has 2 heteroatoms. The highest BCUT2D eigenvalue weighted by molar-refractivity contribution is 7.19. The van der Waals surface area contributed by atoms with Gasteiger partial charge in [0.05, 0.1) is 16.8 Å². The summed E-state index contributed by atoms with van der Waals surface area (Å²) < 4.78 is 0. The zero-order valence-electron chi connectivity index (χ0n) is 36.1. The van der Waals surface area contributed by atoms with Gasteiger partial charge in [0, 0.05) is 32.0 Å². The van der Waals surface area contributed by atoms with Crippen molar-refractivity contribution in [3.8, 4) is 43.1 Å². The zero-order chi connectivity index (χ0) is 43.3. The smallest absolute Gasteiger partial charge is 0.0748 e. The fourth-order valence-electron chi connectivity index (χ4n) is 10.6. The van der Waals surface area contributed by atoms with Gasteiger partial charge in [0.15, 0.2) is 0 Å².